The maximum atomic E-state index is 13.6. The maximum absolute atomic E-state index is 13.6. The van der Waals surface area contributed by atoms with Crippen LogP contribution in [0.3, 0.4) is 0 Å². The molecule has 0 fully saturated rings. The Labute approximate surface area is 212 Å². The zero-order chi connectivity index (χ0) is 25.2. The third-order valence-corrected chi connectivity index (χ3v) is 6.24. The number of carbonyl (C=O) groups is 2. The Bertz CT molecular complexity index is 1570. The molecule has 4 aromatic rings. The Morgan fingerprint density at radius 3 is 2.47 bits per heavy atom. The van der Waals surface area contributed by atoms with Gasteiger partial charge in [-0.15, -0.1) is 0 Å². The number of amides is 2. The van der Waals surface area contributed by atoms with Crippen molar-refractivity contribution in [3.63, 3.8) is 0 Å². The molecule has 2 amide bonds. The third-order valence-electron chi connectivity index (χ3n) is 5.87. The molecule has 0 radical (unpaired) electrons. The van der Waals surface area contributed by atoms with Crippen LogP contribution < -0.4 is 10.2 Å². The van der Waals surface area contributed by atoms with Gasteiger partial charge in [0.25, 0.3) is 11.8 Å². The first-order chi connectivity index (χ1) is 17.5. The number of anilines is 2. The minimum Gasteiger partial charge on any atom is -0.306 e. The van der Waals surface area contributed by atoms with E-state index in [0.717, 1.165) is 11.3 Å². The number of halogens is 1. The van der Waals surface area contributed by atoms with Crippen LogP contribution >= 0.6 is 11.6 Å². The molecule has 0 spiro atoms. The van der Waals surface area contributed by atoms with E-state index < -0.39 is 11.8 Å². The monoisotopic (exact) mass is 493 g/mol. The average Bonchev–Trinajstić information content (AvgIpc) is 3.39. The molecule has 1 N–H and O–H groups in total. The zero-order valence-electron chi connectivity index (χ0n) is 19.3. The summed E-state index contributed by atoms with van der Waals surface area (Å²) in [6.07, 6.45) is 0. The highest BCUT2D eigenvalue weighted by molar-refractivity contribution is 6.38. The number of hydrogen-bond acceptors (Lipinski definition) is 4. The molecule has 0 aliphatic carbocycles. The van der Waals surface area contributed by atoms with Crippen molar-refractivity contribution < 1.29 is 9.59 Å². The lowest BCUT2D eigenvalue weighted by molar-refractivity contribution is -0.114. The molecule has 1 aliphatic rings. The molecule has 5 rings (SSSR count). The summed E-state index contributed by atoms with van der Waals surface area (Å²) in [5.74, 6) is -0.730. The van der Waals surface area contributed by atoms with E-state index in [9.17, 15) is 14.9 Å². The zero-order valence-corrected chi connectivity index (χ0v) is 20.0. The fourth-order valence-corrected chi connectivity index (χ4v) is 4.42. The highest BCUT2D eigenvalue weighted by atomic mass is 35.5. The molecule has 0 saturated heterocycles. The van der Waals surface area contributed by atoms with E-state index in [1.165, 1.54) is 4.90 Å². The number of aromatic nitrogens is 2. The van der Waals surface area contributed by atoms with Gasteiger partial charge in [-0.3, -0.25) is 9.59 Å². The van der Waals surface area contributed by atoms with Gasteiger partial charge in [0.05, 0.1) is 29.2 Å². The van der Waals surface area contributed by atoms with Gasteiger partial charge in [-0.1, -0.05) is 66.2 Å². The molecule has 3 aromatic carbocycles. The van der Waals surface area contributed by atoms with E-state index in [1.54, 1.807) is 35.0 Å². The summed E-state index contributed by atoms with van der Waals surface area (Å²) < 4.78 is 1.58. The van der Waals surface area contributed by atoms with Crippen LogP contribution in [0.5, 0.6) is 0 Å². The number of carbonyl (C=O) groups excluding carboxylic acids is 2. The fourth-order valence-electron chi connectivity index (χ4n) is 4.23. The number of para-hydroxylation sites is 2. The van der Waals surface area contributed by atoms with Crippen molar-refractivity contribution in [1.82, 2.24) is 9.78 Å². The summed E-state index contributed by atoms with van der Waals surface area (Å²) in [5, 5.41) is 17.8. The molecular formula is C28H20ClN5O2. The van der Waals surface area contributed by atoms with Crippen LogP contribution in [0.15, 0.2) is 90.5 Å². The topological polar surface area (TPSA) is 91.0 Å². The lowest BCUT2D eigenvalue weighted by Crippen LogP contribution is -2.27. The Balaban J connectivity index is 1.53. The molecule has 0 unspecified atom stereocenters. The minimum absolute atomic E-state index is 0.0557. The minimum atomic E-state index is -0.688. The van der Waals surface area contributed by atoms with Crippen molar-refractivity contribution in [3.8, 4) is 11.8 Å². The summed E-state index contributed by atoms with van der Waals surface area (Å²) in [4.78, 5) is 28.5. The number of nitrogens with zero attached hydrogens (tertiary/aromatic N) is 4. The Morgan fingerprint density at radius 2 is 1.72 bits per heavy atom. The van der Waals surface area contributed by atoms with Crippen molar-refractivity contribution in [2.45, 2.75) is 13.5 Å². The standard InChI is InChI=1S/C28H20ClN5O2/c1-18-15-25(34(32-18)20-10-3-2-4-11-20)31-27(35)22(16-30)26-21-12-6-8-14-24(21)33(28(26)36)17-19-9-5-7-13-23(19)29/h2-15H,17H2,1H3,(H,31,35). The molecule has 7 nitrogen and oxygen atoms in total. The van der Waals surface area contributed by atoms with Gasteiger partial charge < -0.3 is 10.2 Å². The van der Waals surface area contributed by atoms with E-state index in [1.807, 2.05) is 67.6 Å². The number of nitrogens with one attached hydrogen (secondary N) is 1. The predicted octanol–water partition coefficient (Wildman–Crippen LogP) is 5.30. The third kappa shape index (κ3) is 4.15. The van der Waals surface area contributed by atoms with E-state index >= 15 is 0 Å². The van der Waals surface area contributed by atoms with Crippen LogP contribution in [0, 0.1) is 18.3 Å². The van der Waals surface area contributed by atoms with E-state index in [0.29, 0.717) is 27.8 Å². The van der Waals surface area contributed by atoms with Crippen LogP contribution in [-0.2, 0) is 16.1 Å². The first kappa shape index (κ1) is 23.1. The molecule has 0 bridgehead atoms. The maximum Gasteiger partial charge on any atom is 0.268 e. The van der Waals surface area contributed by atoms with Crippen molar-refractivity contribution in [3.05, 3.63) is 112 Å². The van der Waals surface area contributed by atoms with Crippen molar-refractivity contribution in [1.29, 1.82) is 5.26 Å². The Morgan fingerprint density at radius 1 is 1.03 bits per heavy atom. The van der Waals surface area contributed by atoms with Gasteiger partial charge in [-0.05, 0) is 36.8 Å². The second kappa shape index (κ2) is 9.53. The van der Waals surface area contributed by atoms with E-state index in [2.05, 4.69) is 10.4 Å². The number of hydrogen-bond donors (Lipinski definition) is 1. The van der Waals surface area contributed by atoms with Crippen molar-refractivity contribution in [2.24, 2.45) is 0 Å². The molecule has 36 heavy (non-hydrogen) atoms. The molecule has 0 atom stereocenters. The summed E-state index contributed by atoms with van der Waals surface area (Å²) in [5.41, 5.74) is 3.12. The second-order valence-electron chi connectivity index (χ2n) is 8.23. The summed E-state index contributed by atoms with van der Waals surface area (Å²) in [7, 11) is 0. The van der Waals surface area contributed by atoms with Gasteiger partial charge in [0.15, 0.2) is 0 Å². The van der Waals surface area contributed by atoms with Gasteiger partial charge in [-0.25, -0.2) is 4.68 Å². The highest BCUT2D eigenvalue weighted by Gasteiger charge is 2.36. The number of benzene rings is 3. The van der Waals surface area contributed by atoms with Gasteiger partial charge in [0, 0.05) is 16.7 Å². The number of aryl methyl sites for hydroxylation is 1. The number of nitriles is 1. The Kier molecular flexibility index (Phi) is 6.11. The SMILES string of the molecule is Cc1cc(NC(=O)C(C#N)=C2C(=O)N(Cc3ccccc3Cl)c3ccccc32)n(-c2ccccc2)n1. The molecular weight excluding hydrogens is 474 g/mol. The number of fused-ring (bicyclic) bond motifs is 1. The largest absolute Gasteiger partial charge is 0.306 e. The molecule has 0 saturated carbocycles. The highest BCUT2D eigenvalue weighted by Crippen LogP contribution is 2.40. The smallest absolute Gasteiger partial charge is 0.268 e. The van der Waals surface area contributed by atoms with Gasteiger partial charge >= 0.3 is 0 Å². The van der Waals surface area contributed by atoms with Gasteiger partial charge in [-0.2, -0.15) is 10.4 Å². The van der Waals surface area contributed by atoms with Crippen molar-refractivity contribution >= 4 is 40.5 Å². The predicted molar refractivity (Wildman–Crippen MR) is 139 cm³/mol. The first-order valence-electron chi connectivity index (χ1n) is 11.2. The second-order valence-corrected chi connectivity index (χ2v) is 8.64. The quantitative estimate of drug-likeness (QED) is 0.302. The van der Waals surface area contributed by atoms with E-state index in [4.69, 9.17) is 11.6 Å². The summed E-state index contributed by atoms with van der Waals surface area (Å²) >= 11 is 6.34. The molecule has 2 heterocycles. The normalized spacial score (nSPS) is 13.8. The van der Waals surface area contributed by atoms with Crippen LogP contribution in [0.25, 0.3) is 11.3 Å². The average molecular weight is 494 g/mol. The van der Waals surface area contributed by atoms with Crippen LogP contribution in [-0.4, -0.2) is 21.6 Å². The summed E-state index contributed by atoms with van der Waals surface area (Å²) in [6.45, 7) is 2.02. The molecule has 8 heteroatoms. The molecule has 1 aliphatic heterocycles. The fraction of sp³-hybridized carbons (Fsp3) is 0.0714. The molecule has 1 aromatic heterocycles. The first-order valence-corrected chi connectivity index (χ1v) is 11.6. The Hall–Kier alpha value is -4.67. The number of rotatable bonds is 5. The summed E-state index contributed by atoms with van der Waals surface area (Å²) in [6, 6.07) is 27.3. The lowest BCUT2D eigenvalue weighted by Gasteiger charge is -2.18. The lowest BCUT2D eigenvalue weighted by atomic mass is 10.0. The van der Waals surface area contributed by atoms with Crippen LogP contribution in [0.4, 0.5) is 11.5 Å². The molecule has 176 valence electrons. The van der Waals surface area contributed by atoms with Gasteiger partial charge in [0.1, 0.15) is 17.5 Å². The van der Waals surface area contributed by atoms with Crippen LogP contribution in [0.2, 0.25) is 5.02 Å². The van der Waals surface area contributed by atoms with Gasteiger partial charge in [0.2, 0.25) is 0 Å². The van der Waals surface area contributed by atoms with Crippen LogP contribution in [0.1, 0.15) is 16.8 Å². The van der Waals surface area contributed by atoms with Crippen molar-refractivity contribution in [2.75, 3.05) is 10.2 Å². The van der Waals surface area contributed by atoms with E-state index in [-0.39, 0.29) is 17.7 Å².